The van der Waals surface area contributed by atoms with Crippen molar-refractivity contribution in [2.24, 2.45) is 12.0 Å². The molecule has 152 valence electrons. The first kappa shape index (κ1) is 25.5. The van der Waals surface area contributed by atoms with Crippen LogP contribution in [0.4, 0.5) is 0 Å². The highest BCUT2D eigenvalue weighted by Crippen LogP contribution is 2.14. The van der Waals surface area contributed by atoms with Gasteiger partial charge in [0.05, 0.1) is 11.6 Å². The smallest absolute Gasteiger partial charge is 0.194 e. The van der Waals surface area contributed by atoms with Crippen molar-refractivity contribution in [3.63, 3.8) is 0 Å². The number of rotatable bonds is 11. The van der Waals surface area contributed by atoms with E-state index in [0.717, 1.165) is 37.0 Å². The second kappa shape index (κ2) is 14.6. The summed E-state index contributed by atoms with van der Waals surface area (Å²) in [6, 6.07) is 2.01. The molecule has 0 atom stereocenters. The van der Waals surface area contributed by atoms with E-state index in [1.807, 2.05) is 19.3 Å². The summed E-state index contributed by atoms with van der Waals surface area (Å²) >= 11 is 6.07. The molecule has 0 spiro atoms. The molecule has 0 unspecified atom stereocenters. The molecule has 0 saturated heterocycles. The summed E-state index contributed by atoms with van der Waals surface area (Å²) in [4.78, 5) is 9.18. The molecule has 26 heavy (non-hydrogen) atoms. The second-order valence-electron chi connectivity index (χ2n) is 6.92. The van der Waals surface area contributed by atoms with Crippen molar-refractivity contribution in [2.45, 2.75) is 45.6 Å². The molecule has 1 heterocycles. The molecule has 0 saturated carbocycles. The highest BCUT2D eigenvalue weighted by atomic mass is 127. The average Bonchev–Trinajstić information content (AvgIpc) is 2.85. The number of aliphatic imine (C=N–C) groups is 1. The Hall–Kier alpha value is -0.470. The summed E-state index contributed by atoms with van der Waals surface area (Å²) in [6.07, 6.45) is 8.26. The van der Waals surface area contributed by atoms with Gasteiger partial charge in [0.25, 0.3) is 0 Å². The normalized spacial score (nSPS) is 11.6. The number of aromatic nitrogens is 1. The summed E-state index contributed by atoms with van der Waals surface area (Å²) < 4.78 is 2.07. The van der Waals surface area contributed by atoms with E-state index in [2.05, 4.69) is 47.8 Å². The van der Waals surface area contributed by atoms with Gasteiger partial charge in [-0.2, -0.15) is 0 Å². The third kappa shape index (κ3) is 10.6. The Labute approximate surface area is 182 Å². The first-order valence-corrected chi connectivity index (χ1v) is 9.76. The summed E-state index contributed by atoms with van der Waals surface area (Å²) in [7, 11) is 8.37. The van der Waals surface area contributed by atoms with E-state index in [0.29, 0.717) is 0 Å². The number of hydrogen-bond donors (Lipinski definition) is 1. The summed E-state index contributed by atoms with van der Waals surface area (Å²) in [5, 5.41) is 4.16. The lowest BCUT2D eigenvalue weighted by atomic mass is 10.1. The van der Waals surface area contributed by atoms with Crippen LogP contribution in [-0.2, 0) is 13.6 Å². The fraction of sp³-hybridized carbons (Fsp3) is 0.737. The quantitative estimate of drug-likeness (QED) is 0.215. The summed E-state index contributed by atoms with van der Waals surface area (Å²) in [5.74, 6) is 0.965. The van der Waals surface area contributed by atoms with Gasteiger partial charge in [0.1, 0.15) is 0 Å². The Morgan fingerprint density at radius 3 is 2.38 bits per heavy atom. The van der Waals surface area contributed by atoms with Crippen molar-refractivity contribution >= 4 is 41.5 Å². The van der Waals surface area contributed by atoms with E-state index in [-0.39, 0.29) is 24.0 Å². The zero-order chi connectivity index (χ0) is 18.7. The molecule has 1 aromatic heterocycles. The van der Waals surface area contributed by atoms with Crippen LogP contribution >= 0.6 is 35.6 Å². The van der Waals surface area contributed by atoms with Gasteiger partial charge in [0, 0.05) is 39.1 Å². The Morgan fingerprint density at radius 1 is 1.15 bits per heavy atom. The van der Waals surface area contributed by atoms with E-state index in [1.165, 1.54) is 37.9 Å². The SMILES string of the molecule is CCNC(=NCCCCCCCN(C)C)N(C)Cc1cc(Cl)cn1C.I. The first-order valence-electron chi connectivity index (χ1n) is 9.39. The molecule has 1 aromatic rings. The zero-order valence-corrected chi connectivity index (χ0v) is 20.2. The van der Waals surface area contributed by atoms with Crippen molar-refractivity contribution in [3.05, 3.63) is 23.0 Å². The Kier molecular flexibility index (Phi) is 14.3. The Balaban J connectivity index is 0.00000625. The molecular weight excluding hydrogens is 461 g/mol. The fourth-order valence-corrected chi connectivity index (χ4v) is 3.04. The number of nitrogens with one attached hydrogen (secondary N) is 1. The van der Waals surface area contributed by atoms with Gasteiger partial charge in [-0.3, -0.25) is 4.99 Å². The van der Waals surface area contributed by atoms with E-state index in [1.54, 1.807) is 0 Å². The predicted octanol–water partition coefficient (Wildman–Crippen LogP) is 4.21. The lowest BCUT2D eigenvalue weighted by molar-refractivity contribution is 0.390. The standard InChI is InChI=1S/C19H36ClN5.HI/c1-6-21-19(22-12-10-8-7-9-11-13-23(2)3)25(5)16-18-14-17(20)15-24(18)4;/h14-15H,6-13,16H2,1-5H3,(H,21,22);1H. The van der Waals surface area contributed by atoms with Crippen LogP contribution in [0.25, 0.3) is 0 Å². The van der Waals surface area contributed by atoms with Gasteiger partial charge in [-0.15, -0.1) is 24.0 Å². The van der Waals surface area contributed by atoms with E-state index >= 15 is 0 Å². The highest BCUT2D eigenvalue weighted by molar-refractivity contribution is 14.0. The monoisotopic (exact) mass is 497 g/mol. The summed E-state index contributed by atoms with van der Waals surface area (Å²) in [6.45, 7) is 5.85. The van der Waals surface area contributed by atoms with Gasteiger partial charge < -0.3 is 19.7 Å². The molecular formula is C19H37ClIN5. The van der Waals surface area contributed by atoms with Crippen LogP contribution in [0.1, 0.15) is 44.7 Å². The zero-order valence-electron chi connectivity index (χ0n) is 17.1. The van der Waals surface area contributed by atoms with E-state index in [9.17, 15) is 0 Å². The molecule has 0 amide bonds. The van der Waals surface area contributed by atoms with Crippen LogP contribution in [0, 0.1) is 0 Å². The number of aryl methyl sites for hydroxylation is 1. The third-order valence-electron chi connectivity index (χ3n) is 4.20. The minimum absolute atomic E-state index is 0. The lowest BCUT2D eigenvalue weighted by Crippen LogP contribution is -2.38. The third-order valence-corrected chi connectivity index (χ3v) is 4.40. The molecule has 0 aliphatic heterocycles. The van der Waals surface area contributed by atoms with Crippen molar-refractivity contribution in [1.29, 1.82) is 0 Å². The van der Waals surface area contributed by atoms with Crippen LogP contribution in [0.2, 0.25) is 5.02 Å². The molecule has 1 rings (SSSR count). The molecule has 5 nitrogen and oxygen atoms in total. The highest BCUT2D eigenvalue weighted by Gasteiger charge is 2.09. The Bertz CT molecular complexity index is 516. The van der Waals surface area contributed by atoms with Gasteiger partial charge in [-0.25, -0.2) is 0 Å². The largest absolute Gasteiger partial charge is 0.357 e. The molecule has 0 aromatic carbocycles. The second-order valence-corrected chi connectivity index (χ2v) is 7.36. The summed E-state index contributed by atoms with van der Waals surface area (Å²) in [5.41, 5.74) is 1.18. The molecule has 0 aliphatic rings. The van der Waals surface area contributed by atoms with Gasteiger partial charge in [-0.1, -0.05) is 30.9 Å². The molecule has 0 aliphatic carbocycles. The number of nitrogens with zero attached hydrogens (tertiary/aromatic N) is 4. The van der Waals surface area contributed by atoms with Crippen molar-refractivity contribution < 1.29 is 0 Å². The predicted molar refractivity (Wildman–Crippen MR) is 125 cm³/mol. The molecule has 0 bridgehead atoms. The Morgan fingerprint density at radius 2 is 1.81 bits per heavy atom. The minimum Gasteiger partial charge on any atom is -0.357 e. The first-order chi connectivity index (χ1) is 11.9. The molecule has 1 N–H and O–H groups in total. The van der Waals surface area contributed by atoms with Crippen molar-refractivity contribution in [1.82, 2.24) is 19.7 Å². The lowest BCUT2D eigenvalue weighted by Gasteiger charge is -2.22. The topological polar surface area (TPSA) is 35.8 Å². The van der Waals surface area contributed by atoms with Crippen molar-refractivity contribution in [2.75, 3.05) is 40.8 Å². The number of halogens is 2. The van der Waals surface area contributed by atoms with Crippen molar-refractivity contribution in [3.8, 4) is 0 Å². The van der Waals surface area contributed by atoms with Gasteiger partial charge in [0.15, 0.2) is 5.96 Å². The van der Waals surface area contributed by atoms with Gasteiger partial charge in [0.2, 0.25) is 0 Å². The van der Waals surface area contributed by atoms with E-state index in [4.69, 9.17) is 16.6 Å². The van der Waals surface area contributed by atoms with Gasteiger partial charge in [-0.05, 0) is 46.5 Å². The maximum absolute atomic E-state index is 6.07. The molecule has 0 fully saturated rings. The van der Waals surface area contributed by atoms with E-state index < -0.39 is 0 Å². The van der Waals surface area contributed by atoms with Crippen LogP contribution in [-0.4, -0.2) is 61.1 Å². The number of guanidine groups is 1. The maximum atomic E-state index is 6.07. The van der Waals surface area contributed by atoms with Crippen LogP contribution in [0.5, 0.6) is 0 Å². The molecule has 7 heteroatoms. The maximum Gasteiger partial charge on any atom is 0.194 e. The van der Waals surface area contributed by atoms with Gasteiger partial charge >= 0.3 is 0 Å². The number of unbranched alkanes of at least 4 members (excludes halogenated alkanes) is 4. The van der Waals surface area contributed by atoms with Crippen LogP contribution < -0.4 is 5.32 Å². The number of hydrogen-bond acceptors (Lipinski definition) is 2. The minimum atomic E-state index is 0. The van der Waals surface area contributed by atoms with Crippen LogP contribution in [0.15, 0.2) is 17.3 Å². The molecule has 0 radical (unpaired) electrons. The fourth-order valence-electron chi connectivity index (χ4n) is 2.77. The van der Waals surface area contributed by atoms with Crippen LogP contribution in [0.3, 0.4) is 0 Å². The average molecular weight is 498 g/mol.